The van der Waals surface area contributed by atoms with E-state index in [0.717, 1.165) is 17.1 Å². The number of aromatic nitrogens is 4. The van der Waals surface area contributed by atoms with Gasteiger partial charge in [0.2, 0.25) is 0 Å². The van der Waals surface area contributed by atoms with Gasteiger partial charge in [0, 0.05) is 31.2 Å². The van der Waals surface area contributed by atoms with Gasteiger partial charge in [0.15, 0.2) is 5.82 Å². The lowest BCUT2D eigenvalue weighted by molar-refractivity contribution is 0.401. The molecule has 0 bridgehead atoms. The van der Waals surface area contributed by atoms with Crippen LogP contribution < -0.4 is 15.0 Å². The van der Waals surface area contributed by atoms with E-state index in [0.29, 0.717) is 22.9 Å². The summed E-state index contributed by atoms with van der Waals surface area (Å²) in [7, 11) is 5.09. The van der Waals surface area contributed by atoms with Gasteiger partial charge in [-0.05, 0) is 31.2 Å². The SMILES string of the molecule is COc1ccc(OC)c(-n2ccnc2-c2c(C)n(C)n(-c3ccccc3)c2=O)c1. The molecule has 2 aromatic carbocycles. The maximum Gasteiger partial charge on any atom is 0.282 e. The molecule has 7 nitrogen and oxygen atoms in total. The van der Waals surface area contributed by atoms with E-state index in [1.807, 2.05) is 77.9 Å². The van der Waals surface area contributed by atoms with Crippen LogP contribution in [0.3, 0.4) is 0 Å². The third kappa shape index (κ3) is 3.00. The zero-order chi connectivity index (χ0) is 20.5. The summed E-state index contributed by atoms with van der Waals surface area (Å²) in [4.78, 5) is 17.9. The van der Waals surface area contributed by atoms with Gasteiger partial charge in [0.05, 0.1) is 25.6 Å². The maximum absolute atomic E-state index is 13.4. The molecular weight excluding hydrogens is 368 g/mol. The fourth-order valence-corrected chi connectivity index (χ4v) is 3.49. The van der Waals surface area contributed by atoms with Gasteiger partial charge < -0.3 is 9.47 Å². The van der Waals surface area contributed by atoms with Gasteiger partial charge in [-0.2, -0.15) is 0 Å². The van der Waals surface area contributed by atoms with Crippen molar-refractivity contribution in [1.82, 2.24) is 18.9 Å². The van der Waals surface area contributed by atoms with Gasteiger partial charge in [0.25, 0.3) is 5.56 Å². The van der Waals surface area contributed by atoms with Gasteiger partial charge >= 0.3 is 0 Å². The third-order valence-corrected chi connectivity index (χ3v) is 5.06. The van der Waals surface area contributed by atoms with Crippen molar-refractivity contribution in [2.75, 3.05) is 14.2 Å². The smallest absolute Gasteiger partial charge is 0.282 e. The molecule has 0 saturated heterocycles. The van der Waals surface area contributed by atoms with Crippen LogP contribution >= 0.6 is 0 Å². The van der Waals surface area contributed by atoms with E-state index in [-0.39, 0.29) is 5.56 Å². The van der Waals surface area contributed by atoms with Crippen molar-refractivity contribution in [3.63, 3.8) is 0 Å². The minimum atomic E-state index is -0.134. The average Bonchev–Trinajstić information content (AvgIpc) is 3.30. The van der Waals surface area contributed by atoms with Crippen molar-refractivity contribution in [1.29, 1.82) is 0 Å². The highest BCUT2D eigenvalue weighted by Gasteiger charge is 2.23. The number of nitrogens with zero attached hydrogens (tertiary/aromatic N) is 4. The molecule has 4 aromatic rings. The lowest BCUT2D eigenvalue weighted by Gasteiger charge is -2.13. The second-order valence-electron chi connectivity index (χ2n) is 6.60. The van der Waals surface area contributed by atoms with Gasteiger partial charge in [-0.25, -0.2) is 9.67 Å². The van der Waals surface area contributed by atoms with Crippen LogP contribution in [-0.4, -0.2) is 33.1 Å². The minimum Gasteiger partial charge on any atom is -0.497 e. The van der Waals surface area contributed by atoms with Crippen LogP contribution in [0.5, 0.6) is 11.5 Å². The zero-order valence-corrected chi connectivity index (χ0v) is 16.8. The molecule has 0 aliphatic heterocycles. The molecule has 0 N–H and O–H groups in total. The first-order chi connectivity index (χ1) is 14.1. The molecule has 7 heteroatoms. The fourth-order valence-electron chi connectivity index (χ4n) is 3.49. The molecule has 0 saturated carbocycles. The van der Waals surface area contributed by atoms with Crippen molar-refractivity contribution < 1.29 is 9.47 Å². The predicted octanol–water partition coefficient (Wildman–Crippen LogP) is 3.35. The summed E-state index contributed by atoms with van der Waals surface area (Å²) in [6.45, 7) is 1.91. The van der Waals surface area contributed by atoms with E-state index in [9.17, 15) is 4.79 Å². The summed E-state index contributed by atoms with van der Waals surface area (Å²) in [5, 5.41) is 0. The van der Waals surface area contributed by atoms with Crippen LogP contribution in [0.25, 0.3) is 22.8 Å². The largest absolute Gasteiger partial charge is 0.497 e. The monoisotopic (exact) mass is 390 g/mol. The first kappa shape index (κ1) is 18.6. The Morgan fingerprint density at radius 2 is 1.76 bits per heavy atom. The lowest BCUT2D eigenvalue weighted by atomic mass is 10.2. The van der Waals surface area contributed by atoms with Crippen molar-refractivity contribution in [2.24, 2.45) is 7.05 Å². The number of rotatable bonds is 5. The van der Waals surface area contributed by atoms with Crippen molar-refractivity contribution in [3.05, 3.63) is 77.0 Å². The zero-order valence-electron chi connectivity index (χ0n) is 16.8. The minimum absolute atomic E-state index is 0.134. The Kier molecular flexibility index (Phi) is 4.72. The Hall–Kier alpha value is -3.74. The number of hydrogen-bond donors (Lipinski definition) is 0. The lowest BCUT2D eigenvalue weighted by Crippen LogP contribution is -2.20. The summed E-state index contributed by atoms with van der Waals surface area (Å²) in [5.74, 6) is 1.89. The number of imidazole rings is 1. The number of hydrogen-bond acceptors (Lipinski definition) is 4. The molecule has 2 aromatic heterocycles. The maximum atomic E-state index is 13.4. The van der Waals surface area contributed by atoms with E-state index in [2.05, 4.69) is 4.98 Å². The normalized spacial score (nSPS) is 10.9. The van der Waals surface area contributed by atoms with Crippen molar-refractivity contribution >= 4 is 0 Å². The molecule has 0 unspecified atom stereocenters. The molecule has 0 aliphatic rings. The highest BCUT2D eigenvalue weighted by atomic mass is 16.5. The first-order valence-corrected chi connectivity index (χ1v) is 9.17. The van der Waals surface area contributed by atoms with Crippen LogP contribution in [0.1, 0.15) is 5.69 Å². The van der Waals surface area contributed by atoms with E-state index in [1.54, 1.807) is 25.1 Å². The third-order valence-electron chi connectivity index (χ3n) is 5.06. The van der Waals surface area contributed by atoms with Gasteiger partial charge in [0.1, 0.15) is 17.1 Å². The molecule has 4 rings (SSSR count). The summed E-state index contributed by atoms with van der Waals surface area (Å²) in [6, 6.07) is 15.1. The van der Waals surface area contributed by atoms with Crippen LogP contribution in [0.2, 0.25) is 0 Å². The summed E-state index contributed by atoms with van der Waals surface area (Å²) < 4.78 is 16.2. The summed E-state index contributed by atoms with van der Waals surface area (Å²) >= 11 is 0. The summed E-state index contributed by atoms with van der Waals surface area (Å²) in [5.41, 5.74) is 2.75. The van der Waals surface area contributed by atoms with Crippen molar-refractivity contribution in [2.45, 2.75) is 6.92 Å². The second-order valence-corrected chi connectivity index (χ2v) is 6.60. The van der Waals surface area contributed by atoms with Gasteiger partial charge in [-0.15, -0.1) is 0 Å². The average molecular weight is 390 g/mol. The van der Waals surface area contributed by atoms with Crippen LogP contribution in [0.15, 0.2) is 65.7 Å². The second kappa shape index (κ2) is 7.35. The van der Waals surface area contributed by atoms with Crippen molar-refractivity contribution in [3.8, 4) is 34.3 Å². The molecule has 148 valence electrons. The van der Waals surface area contributed by atoms with E-state index >= 15 is 0 Å². The van der Waals surface area contributed by atoms with Gasteiger partial charge in [-0.1, -0.05) is 18.2 Å². The molecule has 0 atom stereocenters. The molecule has 0 fully saturated rings. The molecule has 0 spiro atoms. The number of ether oxygens (including phenoxy) is 2. The Bertz CT molecular complexity index is 1220. The molecule has 2 heterocycles. The van der Waals surface area contributed by atoms with E-state index < -0.39 is 0 Å². The topological polar surface area (TPSA) is 63.2 Å². The highest BCUT2D eigenvalue weighted by molar-refractivity contribution is 5.64. The standard InChI is InChI=1S/C22H22N4O3/c1-15-20(22(27)26(24(15)2)16-8-6-5-7-9-16)21-23-12-13-25(21)18-14-17(28-3)10-11-19(18)29-4/h5-14H,1-4H3. The highest BCUT2D eigenvalue weighted by Crippen LogP contribution is 2.31. The molecule has 29 heavy (non-hydrogen) atoms. The molecular formula is C22H22N4O3. The van der Waals surface area contributed by atoms with Gasteiger partial charge in [-0.3, -0.25) is 14.0 Å². The Labute approximate surface area is 168 Å². The Morgan fingerprint density at radius 3 is 2.45 bits per heavy atom. The molecule has 0 aliphatic carbocycles. The molecule has 0 radical (unpaired) electrons. The first-order valence-electron chi connectivity index (χ1n) is 9.17. The number of methoxy groups -OCH3 is 2. The van der Waals surface area contributed by atoms with Crippen LogP contribution in [0, 0.1) is 6.92 Å². The van der Waals surface area contributed by atoms with E-state index in [1.165, 1.54) is 0 Å². The van der Waals surface area contributed by atoms with Crippen LogP contribution in [0.4, 0.5) is 0 Å². The number of para-hydroxylation sites is 1. The fraction of sp³-hybridized carbons (Fsp3) is 0.182. The summed E-state index contributed by atoms with van der Waals surface area (Å²) in [6.07, 6.45) is 3.48. The van der Waals surface area contributed by atoms with Crippen LogP contribution in [-0.2, 0) is 7.05 Å². The predicted molar refractivity (Wildman–Crippen MR) is 111 cm³/mol. The quantitative estimate of drug-likeness (QED) is 0.524. The Balaban J connectivity index is 1.95. The number of benzene rings is 2. The Morgan fingerprint density at radius 1 is 1.00 bits per heavy atom. The van der Waals surface area contributed by atoms with E-state index in [4.69, 9.17) is 9.47 Å². The molecule has 0 amide bonds.